The average Bonchev–Trinajstić information content (AvgIpc) is 2.75. The van der Waals surface area contributed by atoms with Crippen LogP contribution in [0.1, 0.15) is 16.2 Å². The van der Waals surface area contributed by atoms with E-state index in [0.29, 0.717) is 5.13 Å². The predicted octanol–water partition coefficient (Wildman–Crippen LogP) is 2.10. The second kappa shape index (κ2) is 4.18. The second-order valence-electron chi connectivity index (χ2n) is 2.90. The first kappa shape index (κ1) is 8.55. The quantitative estimate of drug-likeness (QED) is 0.843. The number of nitrogens with zero attached hydrogens (tertiary/aromatic N) is 2. The minimum absolute atomic E-state index is 0.241. The van der Waals surface area contributed by atoms with Crippen LogP contribution in [-0.2, 0) is 0 Å². The summed E-state index contributed by atoms with van der Waals surface area (Å²) in [6, 6.07) is 5.00. The maximum atomic E-state index is 11.8. The highest BCUT2D eigenvalue weighted by molar-refractivity contribution is 7.13. The molecule has 5 heteroatoms. The number of amides is 1. The van der Waals surface area contributed by atoms with Crippen molar-refractivity contribution in [2.75, 3.05) is 5.31 Å². The predicted molar refractivity (Wildman–Crippen MR) is 59.0 cm³/mol. The van der Waals surface area contributed by atoms with Crippen LogP contribution < -0.4 is 5.31 Å². The Morgan fingerprint density at radius 1 is 1.60 bits per heavy atom. The summed E-state index contributed by atoms with van der Waals surface area (Å²) in [5.41, 5.74) is 1.04. The molecule has 0 fully saturated rings. The molecular weight excluding hydrogens is 210 g/mol. The summed E-state index contributed by atoms with van der Waals surface area (Å²) < 4.78 is 7.66. The van der Waals surface area contributed by atoms with E-state index in [1.807, 2.05) is 6.92 Å². The highest BCUT2D eigenvalue weighted by atomic mass is 32.1. The molecule has 0 atom stereocenters. The van der Waals surface area contributed by atoms with E-state index in [4.69, 9.17) is 1.41 Å². The van der Waals surface area contributed by atoms with E-state index < -0.39 is 5.91 Å². The van der Waals surface area contributed by atoms with E-state index in [1.165, 1.54) is 17.5 Å². The molecule has 0 aliphatic rings. The van der Waals surface area contributed by atoms with Gasteiger partial charge in [0, 0.05) is 11.6 Å². The lowest BCUT2D eigenvalue weighted by atomic mass is 10.3. The molecule has 0 bridgehead atoms. The molecule has 1 amide bonds. The first-order valence-corrected chi connectivity index (χ1v) is 5.23. The van der Waals surface area contributed by atoms with Crippen LogP contribution in [0, 0.1) is 6.92 Å². The van der Waals surface area contributed by atoms with Crippen LogP contribution in [0.25, 0.3) is 0 Å². The van der Waals surface area contributed by atoms with Crippen LogP contribution in [0.5, 0.6) is 0 Å². The zero-order chi connectivity index (χ0) is 11.5. The van der Waals surface area contributed by atoms with Crippen LogP contribution in [0.3, 0.4) is 0 Å². The van der Waals surface area contributed by atoms with Crippen molar-refractivity contribution in [2.24, 2.45) is 0 Å². The van der Waals surface area contributed by atoms with Gasteiger partial charge in [-0.25, -0.2) is 4.98 Å². The third-order valence-electron chi connectivity index (χ3n) is 1.69. The second-order valence-corrected chi connectivity index (χ2v) is 3.74. The zero-order valence-electron chi connectivity index (χ0n) is 9.04. The van der Waals surface area contributed by atoms with E-state index >= 15 is 0 Å². The fourth-order valence-corrected chi connectivity index (χ4v) is 1.69. The SMILES string of the molecule is [2H]N(C(=O)c1ccccn1)c1nc(C)cs1. The van der Waals surface area contributed by atoms with Gasteiger partial charge < -0.3 is 0 Å². The molecule has 0 spiro atoms. The van der Waals surface area contributed by atoms with Crippen molar-refractivity contribution in [3.63, 3.8) is 0 Å². The van der Waals surface area contributed by atoms with Gasteiger partial charge in [-0.15, -0.1) is 11.3 Å². The van der Waals surface area contributed by atoms with Crippen molar-refractivity contribution in [3.8, 4) is 0 Å². The molecule has 2 aromatic rings. The Morgan fingerprint density at radius 2 is 2.47 bits per heavy atom. The fraction of sp³-hybridized carbons (Fsp3) is 0.100. The van der Waals surface area contributed by atoms with E-state index in [1.54, 1.807) is 23.6 Å². The number of aryl methyl sites for hydroxylation is 1. The monoisotopic (exact) mass is 220 g/mol. The van der Waals surface area contributed by atoms with Gasteiger partial charge in [-0.05, 0) is 19.1 Å². The number of pyridine rings is 1. The number of rotatable bonds is 2. The topological polar surface area (TPSA) is 54.9 Å². The van der Waals surface area contributed by atoms with Crippen LogP contribution in [0.4, 0.5) is 5.13 Å². The van der Waals surface area contributed by atoms with Gasteiger partial charge in [0.1, 0.15) is 5.69 Å². The van der Waals surface area contributed by atoms with Gasteiger partial charge in [-0.1, -0.05) is 6.07 Å². The van der Waals surface area contributed by atoms with Crippen LogP contribution in [0.2, 0.25) is 1.41 Å². The first-order valence-electron chi connectivity index (χ1n) is 4.79. The lowest BCUT2D eigenvalue weighted by Crippen LogP contribution is -2.13. The van der Waals surface area contributed by atoms with Gasteiger partial charge in [0.2, 0.25) is 0 Å². The summed E-state index contributed by atoms with van der Waals surface area (Å²) in [6.07, 6.45) is 1.52. The first-order chi connectivity index (χ1) is 7.68. The summed E-state index contributed by atoms with van der Waals surface area (Å²) in [6.45, 7) is 1.82. The molecule has 0 radical (unpaired) electrons. The normalized spacial score (nSPS) is 10.9. The molecule has 0 saturated carbocycles. The molecule has 0 aliphatic heterocycles. The number of carbonyl (C=O) groups excluding carboxylic acids is 1. The highest BCUT2D eigenvalue weighted by Gasteiger charge is 2.08. The molecule has 0 aliphatic carbocycles. The van der Waals surface area contributed by atoms with Crippen molar-refractivity contribution >= 4 is 22.4 Å². The van der Waals surface area contributed by atoms with Gasteiger partial charge in [-0.2, -0.15) is 0 Å². The molecule has 0 aromatic carbocycles. The van der Waals surface area contributed by atoms with Crippen LogP contribution >= 0.6 is 11.3 Å². The Kier molecular flexibility index (Phi) is 2.38. The third kappa shape index (κ3) is 2.38. The Bertz CT molecular complexity index is 500. The maximum absolute atomic E-state index is 11.8. The Morgan fingerprint density at radius 3 is 3.07 bits per heavy atom. The number of aromatic nitrogens is 2. The van der Waals surface area contributed by atoms with E-state index in [0.717, 1.165) is 11.0 Å². The summed E-state index contributed by atoms with van der Waals surface area (Å²) in [5.74, 6) is -0.477. The standard InChI is InChI=1S/C10H9N3OS/c1-7-6-15-10(12-7)13-9(14)8-4-2-3-5-11-8/h2-6H,1H3,(H,12,13,14)/i/hD. The van der Waals surface area contributed by atoms with E-state index in [-0.39, 0.29) is 5.69 Å². The van der Waals surface area contributed by atoms with E-state index in [9.17, 15) is 4.79 Å². The summed E-state index contributed by atoms with van der Waals surface area (Å²) >= 11 is 1.26. The minimum Gasteiger partial charge on any atom is -0.296 e. The summed E-state index contributed by atoms with van der Waals surface area (Å²) in [5, 5.41) is 2.91. The number of anilines is 1. The number of hydrogen-bond acceptors (Lipinski definition) is 4. The molecular formula is C10H9N3OS. The largest absolute Gasteiger partial charge is 0.296 e. The fourth-order valence-electron chi connectivity index (χ4n) is 1.03. The molecule has 0 unspecified atom stereocenters. The average molecular weight is 220 g/mol. The number of thiazole rings is 1. The van der Waals surface area contributed by atoms with Crippen LogP contribution in [-0.4, -0.2) is 15.9 Å². The molecule has 2 rings (SSSR count). The third-order valence-corrected chi connectivity index (χ3v) is 2.54. The number of hydrogen-bond donors (Lipinski definition) is 1. The van der Waals surface area contributed by atoms with Gasteiger partial charge in [0.15, 0.2) is 6.54 Å². The Hall–Kier alpha value is -1.75. The Balaban J connectivity index is 2.23. The molecule has 4 nitrogen and oxygen atoms in total. The Labute approximate surface area is 92.5 Å². The molecule has 15 heavy (non-hydrogen) atoms. The van der Waals surface area contributed by atoms with E-state index in [2.05, 4.69) is 9.97 Å². The van der Waals surface area contributed by atoms with Gasteiger partial charge >= 0.3 is 0 Å². The molecule has 2 heterocycles. The van der Waals surface area contributed by atoms with Crippen LogP contribution in [0.15, 0.2) is 29.8 Å². The molecule has 0 saturated heterocycles. The molecule has 1 N–H and O–H groups in total. The smallest absolute Gasteiger partial charge is 0.276 e. The molecule has 2 aromatic heterocycles. The summed E-state index contributed by atoms with van der Waals surface area (Å²) in [7, 11) is 0. The molecule has 76 valence electrons. The zero-order valence-corrected chi connectivity index (χ0v) is 8.86. The van der Waals surface area contributed by atoms with Crippen molar-refractivity contribution < 1.29 is 6.21 Å². The van der Waals surface area contributed by atoms with Crippen molar-refractivity contribution in [3.05, 3.63) is 41.2 Å². The van der Waals surface area contributed by atoms with Crippen molar-refractivity contribution in [1.82, 2.24) is 9.97 Å². The highest BCUT2D eigenvalue weighted by Crippen LogP contribution is 2.14. The lowest BCUT2D eigenvalue weighted by molar-refractivity contribution is 0.102. The van der Waals surface area contributed by atoms with Gasteiger partial charge in [-0.3, -0.25) is 15.1 Å². The van der Waals surface area contributed by atoms with Crippen molar-refractivity contribution in [2.45, 2.75) is 6.92 Å². The minimum atomic E-state index is -0.477. The lowest BCUT2D eigenvalue weighted by Gasteiger charge is -1.99. The van der Waals surface area contributed by atoms with Gasteiger partial charge in [0.25, 0.3) is 5.91 Å². The maximum Gasteiger partial charge on any atom is 0.276 e. The number of carbonyl (C=O) groups is 1. The van der Waals surface area contributed by atoms with Gasteiger partial charge in [0.05, 0.1) is 5.69 Å². The number of nitrogens with one attached hydrogen (secondary N) is 1. The summed E-state index contributed by atoms with van der Waals surface area (Å²) in [4.78, 5) is 19.8. The van der Waals surface area contributed by atoms with Crippen molar-refractivity contribution in [1.29, 1.82) is 0 Å².